The van der Waals surface area contributed by atoms with Crippen molar-refractivity contribution in [2.45, 2.75) is 0 Å². The normalized spacial score (nSPS) is 11.5. The van der Waals surface area contributed by atoms with Gasteiger partial charge in [-0.3, -0.25) is 0 Å². The van der Waals surface area contributed by atoms with Crippen molar-refractivity contribution in [3.63, 3.8) is 0 Å². The monoisotopic (exact) mass is 566 g/mol. The van der Waals surface area contributed by atoms with Crippen LogP contribution in [0, 0.1) is 0 Å². The van der Waals surface area contributed by atoms with Crippen LogP contribution >= 0.6 is 0 Å². The number of carbonyl (C=O) groups is 6. The van der Waals surface area contributed by atoms with Gasteiger partial charge < -0.3 is 30.6 Å². The summed E-state index contributed by atoms with van der Waals surface area (Å²) in [4.78, 5) is 75.6. The molecule has 0 spiro atoms. The molecule has 0 heterocycles. The first-order chi connectivity index (χ1) is 19.9. The van der Waals surface area contributed by atoms with Crippen molar-refractivity contribution in [3.05, 3.63) is 81.9 Å². The van der Waals surface area contributed by atoms with Gasteiger partial charge in [0, 0.05) is 10.8 Å². The van der Waals surface area contributed by atoms with Crippen LogP contribution in [-0.4, -0.2) is 66.5 Å². The van der Waals surface area contributed by atoms with E-state index in [1.807, 2.05) is 0 Å². The minimum atomic E-state index is -1.94. The van der Waals surface area contributed by atoms with E-state index < -0.39 is 80.0 Å². The van der Waals surface area contributed by atoms with Crippen molar-refractivity contribution in [1.29, 1.82) is 0 Å². The summed E-state index contributed by atoms with van der Waals surface area (Å²) in [5.74, 6) is -11.3. The first-order valence-electron chi connectivity index (χ1n) is 12.0. The van der Waals surface area contributed by atoms with Crippen LogP contribution in [0.3, 0.4) is 0 Å². The van der Waals surface area contributed by atoms with E-state index in [0.29, 0.717) is 10.8 Å². The lowest BCUT2D eigenvalue weighted by Gasteiger charge is -2.23. The smallest absolute Gasteiger partial charge is 0.337 e. The molecule has 0 aliphatic rings. The molecule has 0 saturated heterocycles. The predicted molar refractivity (Wildman–Crippen MR) is 147 cm³/mol. The fourth-order valence-corrected chi connectivity index (χ4v) is 6.14. The van der Waals surface area contributed by atoms with Gasteiger partial charge in [0.05, 0.1) is 33.4 Å². The van der Waals surface area contributed by atoms with Crippen LogP contribution in [0.5, 0.6) is 0 Å². The van der Waals surface area contributed by atoms with Gasteiger partial charge in [0.2, 0.25) is 0 Å². The van der Waals surface area contributed by atoms with Crippen molar-refractivity contribution in [2.75, 3.05) is 0 Å². The lowest BCUT2D eigenvalue weighted by atomic mass is 9.78. The number of fused-ring (bicyclic) bond motifs is 4. The number of hydrogen-bond donors (Lipinski definition) is 6. The summed E-state index contributed by atoms with van der Waals surface area (Å²) >= 11 is 0. The van der Waals surface area contributed by atoms with Gasteiger partial charge in [-0.05, 0) is 49.2 Å². The quantitative estimate of drug-likeness (QED) is 0.115. The molecule has 0 fully saturated rings. The Morgan fingerprint density at radius 1 is 0.357 bits per heavy atom. The maximum absolute atomic E-state index is 12.8. The molecule has 0 atom stereocenters. The summed E-state index contributed by atoms with van der Waals surface area (Å²) in [7, 11) is 0. The lowest BCUT2D eigenvalue weighted by Crippen LogP contribution is -2.19. The fourth-order valence-electron chi connectivity index (χ4n) is 6.14. The topological polar surface area (TPSA) is 224 Å². The van der Waals surface area contributed by atoms with Gasteiger partial charge in [-0.2, -0.15) is 0 Å². The van der Waals surface area contributed by atoms with Crippen molar-refractivity contribution in [3.8, 4) is 0 Å². The highest BCUT2D eigenvalue weighted by Crippen LogP contribution is 2.49. The Bertz CT molecular complexity index is 2310. The number of benzene rings is 6. The number of carboxylic acid groups (broad SMARTS) is 6. The molecule has 6 aromatic carbocycles. The van der Waals surface area contributed by atoms with Crippen LogP contribution in [0.1, 0.15) is 62.1 Å². The Morgan fingerprint density at radius 2 is 0.762 bits per heavy atom. The summed E-state index contributed by atoms with van der Waals surface area (Å²) in [6, 6.07) is 12.0. The third-order valence-corrected chi connectivity index (χ3v) is 7.45. The molecule has 12 nitrogen and oxygen atoms in total. The predicted octanol–water partition coefficient (Wildman–Crippen LogP) is 5.08. The van der Waals surface area contributed by atoms with Gasteiger partial charge in [-0.15, -0.1) is 0 Å². The van der Waals surface area contributed by atoms with Crippen LogP contribution in [0.2, 0.25) is 0 Å². The van der Waals surface area contributed by atoms with Gasteiger partial charge in [-0.1, -0.05) is 42.5 Å². The largest absolute Gasteiger partial charge is 0.478 e. The maximum Gasteiger partial charge on any atom is 0.337 e. The molecule has 0 saturated carbocycles. The molecular weight excluding hydrogens is 552 g/mol. The van der Waals surface area contributed by atoms with Gasteiger partial charge in [-0.25, -0.2) is 28.8 Å². The molecule has 206 valence electrons. The molecule has 0 bridgehead atoms. The highest BCUT2D eigenvalue weighted by atomic mass is 16.4. The maximum atomic E-state index is 12.8. The Morgan fingerprint density at radius 3 is 1.29 bits per heavy atom. The molecule has 6 N–H and O–H groups in total. The van der Waals surface area contributed by atoms with Gasteiger partial charge >= 0.3 is 35.8 Å². The molecule has 0 amide bonds. The summed E-state index contributed by atoms with van der Waals surface area (Å²) in [6.07, 6.45) is 0. The van der Waals surface area contributed by atoms with E-state index in [-0.39, 0.29) is 32.3 Å². The second-order valence-electron chi connectivity index (χ2n) is 9.45. The van der Waals surface area contributed by atoms with Crippen LogP contribution in [0.15, 0.2) is 48.5 Å². The van der Waals surface area contributed by atoms with E-state index in [1.54, 1.807) is 24.3 Å². The molecule has 0 aliphatic carbocycles. The van der Waals surface area contributed by atoms with Crippen LogP contribution in [0.4, 0.5) is 0 Å². The zero-order chi connectivity index (χ0) is 30.4. The summed E-state index contributed by atoms with van der Waals surface area (Å²) in [6.45, 7) is 0. The minimum Gasteiger partial charge on any atom is -0.478 e. The van der Waals surface area contributed by atoms with E-state index in [0.717, 1.165) is 0 Å². The Kier molecular flexibility index (Phi) is 5.31. The van der Waals surface area contributed by atoms with Crippen LogP contribution in [-0.2, 0) is 0 Å². The Balaban J connectivity index is 2.23. The summed E-state index contributed by atoms with van der Waals surface area (Å²) < 4.78 is 0. The molecule has 6 aromatic rings. The fraction of sp³-hybridized carbons (Fsp3) is 0. The van der Waals surface area contributed by atoms with Crippen molar-refractivity contribution in [2.24, 2.45) is 0 Å². The van der Waals surface area contributed by atoms with Gasteiger partial charge in [0.15, 0.2) is 0 Å². The van der Waals surface area contributed by atoms with E-state index in [9.17, 15) is 59.4 Å². The van der Waals surface area contributed by atoms with Crippen molar-refractivity contribution >= 4 is 89.7 Å². The third-order valence-electron chi connectivity index (χ3n) is 7.45. The third kappa shape index (κ3) is 3.17. The molecule has 0 radical (unpaired) electrons. The molecular formula is C30H14O12. The molecule has 0 unspecified atom stereocenters. The molecule has 12 heteroatoms. The number of rotatable bonds is 6. The summed E-state index contributed by atoms with van der Waals surface area (Å²) in [5, 5.41) is 60.6. The second-order valence-corrected chi connectivity index (χ2v) is 9.45. The lowest BCUT2D eigenvalue weighted by molar-refractivity contribution is 0.0634. The number of aromatic carboxylic acids is 6. The Labute approximate surface area is 231 Å². The number of hydrogen-bond acceptors (Lipinski definition) is 6. The minimum absolute atomic E-state index is 0.129. The van der Waals surface area contributed by atoms with Gasteiger partial charge in [0.1, 0.15) is 0 Å². The standard InChI is InChI=1S/C30H14O12/c31-25(32)17-12-7-3-6-11-14-10-5-2-1-4-9(10)8-13-16(14)20(19(15(11)12)23(29(39)40)21(17)27(35)36)24(30(41)42)22(28(37)38)18(13)26(33)34/h1-8H,(H,31,32)(H,33,34)(H,35,36)(H,37,38)(H,39,40)(H,41,42). The SMILES string of the molecule is O=C(O)c1c(C(=O)O)c2cccc3c2c(c1C(=O)O)c1c(C(=O)O)c(C(=O)O)c(C(=O)O)c2cc4ccccc4c3c21. The van der Waals surface area contributed by atoms with E-state index in [4.69, 9.17) is 0 Å². The zero-order valence-corrected chi connectivity index (χ0v) is 20.8. The van der Waals surface area contributed by atoms with E-state index >= 15 is 0 Å². The molecule has 6 rings (SSSR count). The highest BCUT2D eigenvalue weighted by molar-refractivity contribution is 6.45. The van der Waals surface area contributed by atoms with E-state index in [2.05, 4.69) is 0 Å². The average molecular weight is 566 g/mol. The first kappa shape index (κ1) is 26.0. The first-order valence-corrected chi connectivity index (χ1v) is 12.0. The van der Waals surface area contributed by atoms with E-state index in [1.165, 1.54) is 24.3 Å². The van der Waals surface area contributed by atoms with Gasteiger partial charge in [0.25, 0.3) is 0 Å². The zero-order valence-electron chi connectivity index (χ0n) is 20.8. The molecule has 42 heavy (non-hydrogen) atoms. The average Bonchev–Trinajstić information content (AvgIpc) is 2.92. The molecule has 0 aliphatic heterocycles. The number of carboxylic acids is 6. The highest BCUT2D eigenvalue weighted by Gasteiger charge is 2.37. The van der Waals surface area contributed by atoms with Crippen molar-refractivity contribution < 1.29 is 59.4 Å². The Hall–Kier alpha value is -6.30. The van der Waals surface area contributed by atoms with Crippen LogP contribution in [0.25, 0.3) is 53.9 Å². The summed E-state index contributed by atoms with van der Waals surface area (Å²) in [5.41, 5.74) is -6.19. The van der Waals surface area contributed by atoms with Crippen molar-refractivity contribution in [1.82, 2.24) is 0 Å². The van der Waals surface area contributed by atoms with Crippen LogP contribution < -0.4 is 0 Å². The molecule has 0 aromatic heterocycles. The second kappa shape index (κ2) is 8.60.